The largest absolute Gasteiger partial charge is 0.467 e. The molecule has 1 amide bonds. The van der Waals surface area contributed by atoms with Crippen LogP contribution >= 0.6 is 11.3 Å². The molecule has 158 valence electrons. The number of nitro benzene ring substituents is 1. The van der Waals surface area contributed by atoms with Crippen LogP contribution in [0.3, 0.4) is 0 Å². The van der Waals surface area contributed by atoms with Gasteiger partial charge in [0.15, 0.2) is 6.61 Å². The third kappa shape index (κ3) is 4.21. The Kier molecular flexibility index (Phi) is 5.58. The molecule has 0 saturated carbocycles. The molecule has 11 heteroatoms. The number of hydrazone groups is 1. The molecule has 9 nitrogen and oxygen atoms in total. The van der Waals surface area contributed by atoms with Crippen molar-refractivity contribution in [3.8, 4) is 0 Å². The molecule has 1 aliphatic heterocycles. The maximum atomic E-state index is 13.7. The van der Waals surface area contributed by atoms with E-state index in [4.69, 9.17) is 9.15 Å². The van der Waals surface area contributed by atoms with E-state index in [1.165, 1.54) is 22.6 Å². The lowest BCUT2D eigenvalue weighted by molar-refractivity contribution is -0.387. The molecule has 4 rings (SSSR count). The second kappa shape index (κ2) is 8.48. The van der Waals surface area contributed by atoms with E-state index in [2.05, 4.69) is 5.10 Å². The van der Waals surface area contributed by atoms with Crippen LogP contribution in [0.5, 0.6) is 0 Å². The number of furan rings is 1. The molecule has 1 aromatic carbocycles. The van der Waals surface area contributed by atoms with Crippen molar-refractivity contribution in [1.29, 1.82) is 0 Å². The predicted octanol–water partition coefficient (Wildman–Crippen LogP) is 3.92. The number of halogens is 1. The number of hydrogen-bond acceptors (Lipinski definition) is 8. The van der Waals surface area contributed by atoms with Crippen molar-refractivity contribution >= 4 is 34.6 Å². The van der Waals surface area contributed by atoms with Gasteiger partial charge in [0.25, 0.3) is 5.91 Å². The summed E-state index contributed by atoms with van der Waals surface area (Å²) in [6.07, 6.45) is 1.92. The second-order valence-electron chi connectivity index (χ2n) is 6.50. The first-order chi connectivity index (χ1) is 14.9. The number of carbonyl (C=O) groups excluding carboxylic acids is 2. The minimum atomic E-state index is -1.17. The number of carbonyl (C=O) groups is 2. The number of nitro groups is 1. The fourth-order valence-electron chi connectivity index (χ4n) is 3.09. The Morgan fingerprint density at radius 2 is 2.16 bits per heavy atom. The molecule has 0 radical (unpaired) electrons. The lowest BCUT2D eigenvalue weighted by Gasteiger charge is -2.19. The van der Waals surface area contributed by atoms with Crippen LogP contribution in [0.25, 0.3) is 0 Å². The van der Waals surface area contributed by atoms with Crippen molar-refractivity contribution in [2.75, 3.05) is 6.61 Å². The zero-order valence-corrected chi connectivity index (χ0v) is 16.6. The Morgan fingerprint density at radius 3 is 2.81 bits per heavy atom. The monoisotopic (exact) mass is 443 g/mol. The molecule has 0 saturated heterocycles. The van der Waals surface area contributed by atoms with E-state index in [0.29, 0.717) is 24.0 Å². The number of hydrogen-bond donors (Lipinski definition) is 0. The molecule has 3 aromatic rings. The second-order valence-corrected chi connectivity index (χ2v) is 7.44. The summed E-state index contributed by atoms with van der Waals surface area (Å²) in [6, 6.07) is 9.31. The van der Waals surface area contributed by atoms with Crippen molar-refractivity contribution in [3.63, 3.8) is 0 Å². The summed E-state index contributed by atoms with van der Waals surface area (Å²) in [5.41, 5.74) is -0.308. The number of amides is 1. The van der Waals surface area contributed by atoms with Gasteiger partial charge in [0.05, 0.1) is 27.3 Å². The molecule has 0 aliphatic carbocycles. The van der Waals surface area contributed by atoms with Gasteiger partial charge in [0.2, 0.25) is 5.82 Å². The fourth-order valence-corrected chi connectivity index (χ4v) is 3.81. The van der Waals surface area contributed by atoms with E-state index >= 15 is 0 Å². The van der Waals surface area contributed by atoms with Crippen molar-refractivity contribution in [3.05, 3.63) is 86.2 Å². The smallest absolute Gasteiger partial charge is 0.338 e. The van der Waals surface area contributed by atoms with Crippen LogP contribution in [0, 0.1) is 15.9 Å². The molecule has 1 aliphatic rings. The molecule has 0 bridgehead atoms. The van der Waals surface area contributed by atoms with Crippen LogP contribution in [0.2, 0.25) is 0 Å². The number of benzene rings is 1. The highest BCUT2D eigenvalue weighted by molar-refractivity contribution is 7.12. The van der Waals surface area contributed by atoms with Crippen LogP contribution in [-0.2, 0) is 9.53 Å². The number of nitrogens with zero attached hydrogens (tertiary/aromatic N) is 3. The fraction of sp³-hybridized carbons (Fsp3) is 0.150. The SMILES string of the molecule is O=C(OCC(=O)N1N=C(c2cccs2)CC1c1ccco1)c1ccc([N+](=O)[O-])c(F)c1. The van der Waals surface area contributed by atoms with E-state index in [1.54, 1.807) is 12.1 Å². The third-order valence-corrected chi connectivity index (χ3v) is 5.47. The molecule has 1 atom stereocenters. The average Bonchev–Trinajstić information content (AvgIpc) is 3.51. The Hall–Kier alpha value is -3.86. The van der Waals surface area contributed by atoms with Crippen LogP contribution in [0.15, 0.2) is 63.6 Å². The van der Waals surface area contributed by atoms with Gasteiger partial charge >= 0.3 is 11.7 Å². The summed E-state index contributed by atoms with van der Waals surface area (Å²) >= 11 is 1.49. The summed E-state index contributed by atoms with van der Waals surface area (Å²) in [7, 11) is 0. The maximum Gasteiger partial charge on any atom is 0.338 e. The first-order valence-corrected chi connectivity index (χ1v) is 9.90. The Balaban J connectivity index is 1.47. The molecular weight excluding hydrogens is 429 g/mol. The first-order valence-electron chi connectivity index (χ1n) is 9.02. The molecule has 1 unspecified atom stereocenters. The van der Waals surface area contributed by atoms with Crippen LogP contribution in [0.4, 0.5) is 10.1 Å². The number of thiophene rings is 1. The van der Waals surface area contributed by atoms with E-state index in [1.807, 2.05) is 17.5 Å². The average molecular weight is 443 g/mol. The number of esters is 1. The van der Waals surface area contributed by atoms with Gasteiger partial charge < -0.3 is 9.15 Å². The highest BCUT2D eigenvalue weighted by Crippen LogP contribution is 2.34. The van der Waals surface area contributed by atoms with Crippen LogP contribution in [0.1, 0.15) is 33.5 Å². The van der Waals surface area contributed by atoms with Gasteiger partial charge in [-0.2, -0.15) is 9.49 Å². The van der Waals surface area contributed by atoms with Crippen molar-refractivity contribution in [2.45, 2.75) is 12.5 Å². The normalized spacial score (nSPS) is 15.6. The Morgan fingerprint density at radius 1 is 1.32 bits per heavy atom. The molecule has 0 fully saturated rings. The molecule has 2 aromatic heterocycles. The molecule has 3 heterocycles. The first kappa shape index (κ1) is 20.4. The van der Waals surface area contributed by atoms with E-state index in [-0.39, 0.29) is 5.56 Å². The molecule has 0 N–H and O–H groups in total. The summed E-state index contributed by atoms with van der Waals surface area (Å²) in [5, 5.41) is 18.2. The van der Waals surface area contributed by atoms with Gasteiger partial charge in [-0.15, -0.1) is 11.3 Å². The molecule has 0 spiro atoms. The van der Waals surface area contributed by atoms with Crippen molar-refractivity contribution in [2.24, 2.45) is 5.10 Å². The zero-order chi connectivity index (χ0) is 22.0. The maximum absolute atomic E-state index is 13.7. The van der Waals surface area contributed by atoms with Gasteiger partial charge in [-0.3, -0.25) is 14.9 Å². The lowest BCUT2D eigenvalue weighted by atomic mass is 10.1. The zero-order valence-electron chi connectivity index (χ0n) is 15.8. The van der Waals surface area contributed by atoms with Crippen molar-refractivity contribution in [1.82, 2.24) is 5.01 Å². The molecule has 31 heavy (non-hydrogen) atoms. The van der Waals surface area contributed by atoms with Crippen LogP contribution < -0.4 is 0 Å². The molecular formula is C20H14FN3O6S. The van der Waals surface area contributed by atoms with Crippen molar-refractivity contribution < 1.29 is 28.1 Å². The van der Waals surface area contributed by atoms with Gasteiger partial charge in [0.1, 0.15) is 11.8 Å². The topological polar surface area (TPSA) is 115 Å². The van der Waals surface area contributed by atoms with E-state index in [9.17, 15) is 24.1 Å². The van der Waals surface area contributed by atoms with Crippen LogP contribution in [-0.4, -0.2) is 34.1 Å². The van der Waals surface area contributed by atoms with Gasteiger partial charge in [-0.05, 0) is 35.7 Å². The third-order valence-electron chi connectivity index (χ3n) is 4.55. The van der Waals surface area contributed by atoms with E-state index < -0.39 is 41.0 Å². The minimum Gasteiger partial charge on any atom is -0.467 e. The quantitative estimate of drug-likeness (QED) is 0.324. The highest BCUT2D eigenvalue weighted by Gasteiger charge is 2.35. The summed E-state index contributed by atoms with van der Waals surface area (Å²) in [5.74, 6) is -2.22. The summed E-state index contributed by atoms with van der Waals surface area (Å²) in [6.45, 7) is -0.643. The minimum absolute atomic E-state index is 0.248. The summed E-state index contributed by atoms with van der Waals surface area (Å²) in [4.78, 5) is 35.6. The highest BCUT2D eigenvalue weighted by atomic mass is 32.1. The predicted molar refractivity (Wildman–Crippen MR) is 107 cm³/mol. The number of ether oxygens (including phenoxy) is 1. The standard InChI is InChI=1S/C20H14FN3O6S/c21-13-9-12(5-6-15(13)24(27)28)20(26)30-11-19(25)23-16(17-3-1-7-29-17)10-14(22-23)18-4-2-8-31-18/h1-9,16H,10-11H2. The summed E-state index contributed by atoms with van der Waals surface area (Å²) < 4.78 is 24.2. The van der Waals surface area contributed by atoms with E-state index in [0.717, 1.165) is 17.0 Å². The van der Waals surface area contributed by atoms with Gasteiger partial charge in [-0.1, -0.05) is 6.07 Å². The lowest BCUT2D eigenvalue weighted by Crippen LogP contribution is -2.31. The number of rotatable bonds is 6. The van der Waals surface area contributed by atoms with Gasteiger partial charge in [-0.25, -0.2) is 9.80 Å². The van der Waals surface area contributed by atoms with Gasteiger partial charge in [0, 0.05) is 12.5 Å². The Bertz CT molecular complexity index is 1160. The Labute approximate surface area is 178 Å².